The number of hydroxylamine groups is 1. The van der Waals surface area contributed by atoms with E-state index in [-0.39, 0.29) is 17.9 Å². The van der Waals surface area contributed by atoms with E-state index in [4.69, 9.17) is 10.0 Å². The third-order valence-electron chi connectivity index (χ3n) is 2.62. The summed E-state index contributed by atoms with van der Waals surface area (Å²) in [7, 11) is 0. The van der Waals surface area contributed by atoms with Crippen LogP contribution in [0, 0.1) is 5.21 Å². The van der Waals surface area contributed by atoms with E-state index in [9.17, 15) is 10.0 Å². The molecule has 0 aliphatic carbocycles. The molecule has 1 atom stereocenters. The summed E-state index contributed by atoms with van der Waals surface area (Å²) in [5.74, 6) is -0.482. The average molecular weight is 274 g/mol. The number of benzene rings is 2. The first kappa shape index (κ1) is 14.2. The Kier molecular flexibility index (Phi) is 4.80. The minimum absolute atomic E-state index is 0.0562. The van der Waals surface area contributed by atoms with Gasteiger partial charge in [0.25, 0.3) is 5.91 Å². The highest BCUT2D eigenvalue weighted by Crippen LogP contribution is 2.06. The maximum absolute atomic E-state index is 11.8. The lowest BCUT2D eigenvalue weighted by Crippen LogP contribution is -2.99. The van der Waals surface area contributed by atoms with E-state index in [0.717, 1.165) is 5.56 Å². The predicted molar refractivity (Wildman–Crippen MR) is 70.9 cm³/mol. The van der Waals surface area contributed by atoms with Crippen molar-refractivity contribution < 1.29 is 20.1 Å². The first-order valence-electron chi connectivity index (χ1n) is 5.96. The van der Waals surface area contributed by atoms with Crippen molar-refractivity contribution in [2.75, 3.05) is 0 Å². The molecule has 0 aromatic heterocycles. The number of rotatable bonds is 5. The van der Waals surface area contributed by atoms with Crippen molar-refractivity contribution in [3.05, 3.63) is 70.9 Å². The van der Waals surface area contributed by atoms with Crippen molar-refractivity contribution >= 4 is 11.6 Å². The number of quaternary nitrogens is 1. The monoisotopic (exact) mass is 274 g/mol. The second-order valence-corrected chi connectivity index (χ2v) is 4.09. The molecular weight excluding hydrogens is 260 g/mol. The first-order valence-corrected chi connectivity index (χ1v) is 5.96. The van der Waals surface area contributed by atoms with Crippen molar-refractivity contribution in [2.45, 2.75) is 6.61 Å². The molecule has 2 aromatic carbocycles. The molecule has 104 valence electrons. The maximum Gasteiger partial charge on any atom is 0.275 e. The summed E-state index contributed by atoms with van der Waals surface area (Å²) in [4.78, 5) is 16.9. The fourth-order valence-corrected chi connectivity index (χ4v) is 1.61. The minimum Gasteiger partial charge on any atom is -0.595 e. The van der Waals surface area contributed by atoms with Gasteiger partial charge in [0, 0.05) is 17.7 Å². The Morgan fingerprint density at radius 2 is 1.95 bits per heavy atom. The molecule has 1 unspecified atom stereocenters. The normalized spacial score (nSPS) is 11.9. The zero-order valence-electron chi connectivity index (χ0n) is 10.6. The molecule has 6 nitrogen and oxygen atoms in total. The van der Waals surface area contributed by atoms with Gasteiger partial charge in [0.15, 0.2) is 5.69 Å². The molecule has 0 saturated carbocycles. The fourth-order valence-electron chi connectivity index (χ4n) is 1.61. The SMILES string of the molecule is O=C(NOCc1ccccc1)c1cccc([NH+]([O-])O)c1. The van der Waals surface area contributed by atoms with Crippen LogP contribution in [0.15, 0.2) is 54.6 Å². The van der Waals surface area contributed by atoms with Crippen LogP contribution in [0.1, 0.15) is 15.9 Å². The van der Waals surface area contributed by atoms with Crippen LogP contribution < -0.4 is 10.7 Å². The molecule has 0 heterocycles. The van der Waals surface area contributed by atoms with E-state index in [0.29, 0.717) is 0 Å². The van der Waals surface area contributed by atoms with Gasteiger partial charge in [0.1, 0.15) is 0 Å². The third kappa shape index (κ3) is 3.87. The van der Waals surface area contributed by atoms with Crippen molar-refractivity contribution in [1.82, 2.24) is 5.48 Å². The van der Waals surface area contributed by atoms with Gasteiger partial charge in [-0.15, -0.1) is 0 Å². The molecule has 0 aliphatic rings. The summed E-state index contributed by atoms with van der Waals surface area (Å²) >= 11 is 0. The van der Waals surface area contributed by atoms with Gasteiger partial charge in [0.05, 0.1) is 6.61 Å². The zero-order valence-corrected chi connectivity index (χ0v) is 10.6. The standard InChI is InChI=1S/C14H14N2O4/c17-14(12-7-4-8-13(9-12)16(18)19)15-20-10-11-5-2-1-3-6-11/h1-9,16,18H,10H2,(H,15,17). The molecule has 1 amide bonds. The van der Waals surface area contributed by atoms with E-state index >= 15 is 0 Å². The van der Waals surface area contributed by atoms with Crippen LogP contribution in [0.2, 0.25) is 0 Å². The predicted octanol–water partition coefficient (Wildman–Crippen LogP) is 0.952. The molecule has 0 aliphatic heterocycles. The minimum atomic E-state index is -1.08. The van der Waals surface area contributed by atoms with Gasteiger partial charge in [-0.1, -0.05) is 36.4 Å². The fraction of sp³-hybridized carbons (Fsp3) is 0.0714. The van der Waals surface area contributed by atoms with Gasteiger partial charge in [-0.2, -0.15) is 5.23 Å². The van der Waals surface area contributed by atoms with E-state index in [2.05, 4.69) is 5.48 Å². The lowest BCUT2D eigenvalue weighted by atomic mass is 10.2. The van der Waals surface area contributed by atoms with Gasteiger partial charge < -0.3 is 5.21 Å². The Balaban J connectivity index is 1.90. The van der Waals surface area contributed by atoms with E-state index < -0.39 is 11.1 Å². The average Bonchev–Trinajstić information content (AvgIpc) is 2.48. The summed E-state index contributed by atoms with van der Waals surface area (Å²) < 4.78 is 0. The van der Waals surface area contributed by atoms with E-state index in [1.165, 1.54) is 24.3 Å². The van der Waals surface area contributed by atoms with Crippen molar-refractivity contribution in [2.24, 2.45) is 0 Å². The number of carbonyl (C=O) groups is 1. The van der Waals surface area contributed by atoms with Crippen LogP contribution in [0.4, 0.5) is 5.69 Å². The largest absolute Gasteiger partial charge is 0.595 e. The second kappa shape index (κ2) is 6.78. The highest BCUT2D eigenvalue weighted by Gasteiger charge is 2.08. The maximum atomic E-state index is 11.8. The van der Waals surface area contributed by atoms with Crippen LogP contribution in [0.3, 0.4) is 0 Å². The van der Waals surface area contributed by atoms with Crippen LogP contribution in [-0.2, 0) is 11.4 Å². The molecular formula is C14H14N2O4. The smallest absolute Gasteiger partial charge is 0.275 e. The molecule has 2 aromatic rings. The Morgan fingerprint density at radius 3 is 2.65 bits per heavy atom. The van der Waals surface area contributed by atoms with Gasteiger partial charge in [-0.05, 0) is 11.6 Å². The number of carbonyl (C=O) groups excluding carboxylic acids is 1. The molecule has 0 fully saturated rings. The highest BCUT2D eigenvalue weighted by atomic mass is 16.8. The molecule has 3 N–H and O–H groups in total. The van der Waals surface area contributed by atoms with E-state index in [1.54, 1.807) is 0 Å². The summed E-state index contributed by atoms with van der Waals surface area (Å²) in [5.41, 5.74) is 3.50. The number of nitrogens with one attached hydrogen (secondary N) is 2. The lowest BCUT2D eigenvalue weighted by Gasteiger charge is -2.12. The molecule has 20 heavy (non-hydrogen) atoms. The van der Waals surface area contributed by atoms with Crippen LogP contribution in [-0.4, -0.2) is 11.1 Å². The number of hydrogen-bond acceptors (Lipinski definition) is 4. The van der Waals surface area contributed by atoms with Gasteiger partial charge in [-0.25, -0.2) is 10.7 Å². The van der Waals surface area contributed by atoms with Gasteiger partial charge in [0.2, 0.25) is 0 Å². The Labute approximate surface area is 115 Å². The quantitative estimate of drug-likeness (QED) is 0.709. The van der Waals surface area contributed by atoms with Gasteiger partial charge in [-0.3, -0.25) is 9.63 Å². The third-order valence-corrected chi connectivity index (χ3v) is 2.62. The molecule has 6 heteroatoms. The van der Waals surface area contributed by atoms with Crippen molar-refractivity contribution in [1.29, 1.82) is 0 Å². The molecule has 0 saturated heterocycles. The van der Waals surface area contributed by atoms with Gasteiger partial charge >= 0.3 is 0 Å². The topological polar surface area (TPSA) is 86.1 Å². The molecule has 0 bridgehead atoms. The molecule has 2 rings (SSSR count). The molecule has 0 radical (unpaired) electrons. The Bertz CT molecular complexity index is 572. The van der Waals surface area contributed by atoms with Crippen molar-refractivity contribution in [3.63, 3.8) is 0 Å². The Morgan fingerprint density at radius 1 is 1.20 bits per heavy atom. The van der Waals surface area contributed by atoms with Crippen LogP contribution >= 0.6 is 0 Å². The lowest BCUT2D eigenvalue weighted by molar-refractivity contribution is -0.991. The summed E-state index contributed by atoms with van der Waals surface area (Å²) in [6, 6.07) is 15.1. The number of amides is 1. The zero-order chi connectivity index (χ0) is 14.4. The first-order chi connectivity index (χ1) is 9.66. The highest BCUT2D eigenvalue weighted by molar-refractivity contribution is 5.94. The van der Waals surface area contributed by atoms with E-state index in [1.807, 2.05) is 30.3 Å². The van der Waals surface area contributed by atoms with Crippen molar-refractivity contribution in [3.8, 4) is 0 Å². The Hall–Kier alpha value is -2.25. The number of hydrogen-bond donors (Lipinski definition) is 3. The second-order valence-electron chi connectivity index (χ2n) is 4.09. The summed E-state index contributed by atoms with van der Waals surface area (Å²) in [6.07, 6.45) is 0. The van der Waals surface area contributed by atoms with Crippen LogP contribution in [0.5, 0.6) is 0 Å². The summed E-state index contributed by atoms with van der Waals surface area (Å²) in [6.45, 7) is 0.241. The molecule has 0 spiro atoms. The summed E-state index contributed by atoms with van der Waals surface area (Å²) in [5, 5.41) is 18.6. The van der Waals surface area contributed by atoms with Crippen LogP contribution in [0.25, 0.3) is 0 Å².